The molecule has 0 saturated carbocycles. The summed E-state index contributed by atoms with van der Waals surface area (Å²) in [7, 11) is -2.77. The highest BCUT2D eigenvalue weighted by Gasteiger charge is 2.29. The van der Waals surface area contributed by atoms with Crippen molar-refractivity contribution in [2.75, 3.05) is 13.7 Å². The van der Waals surface area contributed by atoms with Crippen LogP contribution in [0.15, 0.2) is 66.9 Å². The molecule has 0 radical (unpaired) electrons. The van der Waals surface area contributed by atoms with Crippen molar-refractivity contribution >= 4 is 39.4 Å². The monoisotopic (exact) mass is 645 g/mol. The second-order valence-corrected chi connectivity index (χ2v) is 12.1. The van der Waals surface area contributed by atoms with Crippen molar-refractivity contribution in [3.05, 3.63) is 99.8 Å². The van der Waals surface area contributed by atoms with Crippen LogP contribution in [0.3, 0.4) is 0 Å². The summed E-state index contributed by atoms with van der Waals surface area (Å²) in [4.78, 5) is 41.9. The van der Waals surface area contributed by atoms with Crippen molar-refractivity contribution in [1.29, 1.82) is 0 Å². The number of nitrogens with one attached hydrogen (secondary N) is 3. The molecule has 3 aromatic rings. The third kappa shape index (κ3) is 11.0. The van der Waals surface area contributed by atoms with E-state index in [1.807, 2.05) is 0 Å². The van der Waals surface area contributed by atoms with E-state index in [0.717, 1.165) is 5.56 Å². The molecule has 44 heavy (non-hydrogen) atoms. The molecule has 1 unspecified atom stereocenters. The Morgan fingerprint density at radius 2 is 1.73 bits per heavy atom. The van der Waals surface area contributed by atoms with E-state index in [4.69, 9.17) is 17.3 Å². The first-order valence-corrected chi connectivity index (χ1v) is 15.8. The Morgan fingerprint density at radius 3 is 2.36 bits per heavy atom. The Balaban J connectivity index is 1.70. The first-order valence-electron chi connectivity index (χ1n) is 13.7. The van der Waals surface area contributed by atoms with Crippen LogP contribution in [0, 0.1) is 0 Å². The van der Waals surface area contributed by atoms with E-state index in [1.54, 1.807) is 66.9 Å². The van der Waals surface area contributed by atoms with E-state index in [0.29, 0.717) is 27.4 Å². The minimum Gasteiger partial charge on any atom is -0.469 e. The molecule has 3 rings (SSSR count). The van der Waals surface area contributed by atoms with Gasteiger partial charge in [0, 0.05) is 30.0 Å². The third-order valence-electron chi connectivity index (χ3n) is 6.67. The number of aromatic nitrogens is 1. The number of amides is 2. The van der Waals surface area contributed by atoms with Gasteiger partial charge in [0.1, 0.15) is 12.1 Å². The van der Waals surface area contributed by atoms with Gasteiger partial charge >= 0.3 is 5.97 Å². The molecule has 2 amide bonds. The molecule has 14 heteroatoms. The number of aliphatic hydroxyl groups excluding tert-OH is 1. The van der Waals surface area contributed by atoms with Gasteiger partial charge in [-0.3, -0.25) is 19.4 Å². The van der Waals surface area contributed by atoms with E-state index >= 15 is 0 Å². The van der Waals surface area contributed by atoms with Crippen LogP contribution in [-0.4, -0.2) is 62.1 Å². The average Bonchev–Trinajstić information content (AvgIpc) is 3.01. The second kappa shape index (κ2) is 16.8. The van der Waals surface area contributed by atoms with Gasteiger partial charge in [-0.05, 0) is 59.4 Å². The Labute approximate surface area is 261 Å². The fourth-order valence-corrected chi connectivity index (χ4v) is 5.85. The number of halogens is 1. The van der Waals surface area contributed by atoms with Crippen LogP contribution in [0.1, 0.15) is 34.4 Å². The van der Waals surface area contributed by atoms with Gasteiger partial charge in [-0.15, -0.1) is 0 Å². The normalized spacial score (nSPS) is 12.6. The number of nitrogens with zero attached hydrogens (tertiary/aromatic N) is 1. The predicted molar refractivity (Wildman–Crippen MR) is 164 cm³/mol. The van der Waals surface area contributed by atoms with Crippen molar-refractivity contribution in [2.45, 2.75) is 50.2 Å². The topological polar surface area (TPSA) is 190 Å². The van der Waals surface area contributed by atoms with Crippen LogP contribution in [-0.2, 0) is 60.8 Å². The number of carbonyl (C=O) groups is 3. The summed E-state index contributed by atoms with van der Waals surface area (Å²) < 4.78 is 33.4. The van der Waals surface area contributed by atoms with Crippen molar-refractivity contribution in [3.8, 4) is 0 Å². The van der Waals surface area contributed by atoms with Gasteiger partial charge < -0.3 is 26.2 Å². The maximum absolute atomic E-state index is 13.3. The number of hydrogen-bond donors (Lipinski definition) is 5. The zero-order valence-electron chi connectivity index (χ0n) is 24.2. The molecule has 0 fully saturated rings. The Morgan fingerprint density at radius 1 is 1.00 bits per heavy atom. The summed E-state index contributed by atoms with van der Waals surface area (Å²) in [6, 6.07) is 14.1. The quantitative estimate of drug-likeness (QED) is 0.142. The average molecular weight is 646 g/mol. The number of nitrogens with two attached hydrogens (primary N) is 1. The zero-order valence-corrected chi connectivity index (χ0v) is 25.7. The lowest BCUT2D eigenvalue weighted by atomic mass is 10.1. The number of esters is 1. The molecule has 0 aliphatic heterocycles. The number of sulfonamides is 1. The summed E-state index contributed by atoms with van der Waals surface area (Å²) in [5.41, 5.74) is 8.93. The van der Waals surface area contributed by atoms with Gasteiger partial charge in [-0.25, -0.2) is 13.1 Å². The highest BCUT2D eigenvalue weighted by molar-refractivity contribution is 7.88. The maximum Gasteiger partial charge on any atom is 0.309 e. The zero-order chi connectivity index (χ0) is 32.1. The summed E-state index contributed by atoms with van der Waals surface area (Å²) in [6.45, 7) is -0.459. The molecular weight excluding hydrogens is 610 g/mol. The number of carbonyl (C=O) groups excluding carboxylic acids is 3. The van der Waals surface area contributed by atoms with Crippen LogP contribution in [0.2, 0.25) is 5.02 Å². The lowest BCUT2D eigenvalue weighted by Crippen LogP contribution is -2.55. The third-order valence-corrected chi connectivity index (χ3v) is 8.26. The summed E-state index contributed by atoms with van der Waals surface area (Å²) >= 11 is 6.06. The van der Waals surface area contributed by atoms with Crippen LogP contribution >= 0.6 is 11.6 Å². The first-order chi connectivity index (χ1) is 21.0. The van der Waals surface area contributed by atoms with Crippen molar-refractivity contribution < 1.29 is 32.6 Å². The Kier molecular flexibility index (Phi) is 13.2. The largest absolute Gasteiger partial charge is 0.469 e. The number of aliphatic hydroxyl groups is 1. The summed E-state index contributed by atoms with van der Waals surface area (Å²) in [5.74, 6) is -2.33. The molecule has 1 aromatic heterocycles. The fourth-order valence-electron chi connectivity index (χ4n) is 4.28. The molecule has 12 nitrogen and oxygen atoms in total. The summed E-state index contributed by atoms with van der Waals surface area (Å²) in [5, 5.41) is 15.5. The van der Waals surface area contributed by atoms with E-state index in [-0.39, 0.29) is 32.4 Å². The smallest absolute Gasteiger partial charge is 0.309 e. The molecule has 0 bridgehead atoms. The molecule has 0 aliphatic rings. The molecule has 6 N–H and O–H groups in total. The molecule has 236 valence electrons. The lowest BCUT2D eigenvalue weighted by Gasteiger charge is -2.22. The van der Waals surface area contributed by atoms with Crippen molar-refractivity contribution in [2.24, 2.45) is 5.73 Å². The molecule has 0 spiro atoms. The molecular formula is C30H36ClN5O7S. The van der Waals surface area contributed by atoms with Crippen LogP contribution in [0.25, 0.3) is 0 Å². The van der Waals surface area contributed by atoms with E-state index < -0.39 is 52.3 Å². The van der Waals surface area contributed by atoms with Crippen molar-refractivity contribution in [3.63, 3.8) is 0 Å². The van der Waals surface area contributed by atoms with Gasteiger partial charge in [-0.1, -0.05) is 48.0 Å². The standard InChI is InChI=1S/C30H36ClN5O7S/c1-43-28(38)14-20-5-7-21(8-6-20)19-44(41,42)36-26(12-11-25-4-2-3-13-33-25)30(40)35-27(18-37)29(39)34-17-23-15-24(31)10-9-22(23)16-32/h2-10,13,15,26-27,36-37H,11-12,14,16-19,32H2,1H3,(H,34,39)(H,35,40)/t26?,27-/m1/s1. The highest BCUT2D eigenvalue weighted by Crippen LogP contribution is 2.16. The van der Waals surface area contributed by atoms with Gasteiger partial charge in [0.2, 0.25) is 21.8 Å². The minimum absolute atomic E-state index is 0.0300. The van der Waals surface area contributed by atoms with Crippen molar-refractivity contribution in [1.82, 2.24) is 20.3 Å². The molecule has 2 atom stereocenters. The van der Waals surface area contributed by atoms with Gasteiger partial charge in [0.15, 0.2) is 0 Å². The van der Waals surface area contributed by atoms with Crippen LogP contribution < -0.4 is 21.1 Å². The van der Waals surface area contributed by atoms with Crippen LogP contribution in [0.5, 0.6) is 0 Å². The van der Waals surface area contributed by atoms with E-state index in [1.165, 1.54) is 7.11 Å². The molecule has 2 aromatic carbocycles. The van der Waals surface area contributed by atoms with Gasteiger partial charge in [-0.2, -0.15) is 0 Å². The number of rotatable bonds is 16. The van der Waals surface area contributed by atoms with E-state index in [2.05, 4.69) is 25.1 Å². The number of pyridine rings is 1. The number of benzene rings is 2. The molecule has 0 aliphatic carbocycles. The number of hydrogen-bond acceptors (Lipinski definition) is 9. The number of ether oxygens (including phenoxy) is 1. The Bertz CT molecular complexity index is 1520. The lowest BCUT2D eigenvalue weighted by molar-refractivity contribution is -0.139. The molecule has 0 saturated heterocycles. The predicted octanol–water partition coefficient (Wildman–Crippen LogP) is 1.12. The Hall–Kier alpha value is -3.88. The van der Waals surface area contributed by atoms with Gasteiger partial charge in [0.25, 0.3) is 0 Å². The SMILES string of the molecule is COC(=O)Cc1ccc(CS(=O)(=O)NC(CCc2ccccn2)C(=O)N[C@H](CO)C(=O)NCc2cc(Cl)ccc2CN)cc1. The first kappa shape index (κ1) is 34.6. The summed E-state index contributed by atoms with van der Waals surface area (Å²) in [6.07, 6.45) is 1.92. The van der Waals surface area contributed by atoms with Crippen LogP contribution in [0.4, 0.5) is 0 Å². The highest BCUT2D eigenvalue weighted by atomic mass is 35.5. The van der Waals surface area contributed by atoms with E-state index in [9.17, 15) is 27.9 Å². The molecule has 1 heterocycles. The number of methoxy groups -OCH3 is 1. The minimum atomic E-state index is -4.05. The van der Waals surface area contributed by atoms with Gasteiger partial charge in [0.05, 0.1) is 25.9 Å². The maximum atomic E-state index is 13.3. The number of aryl methyl sites for hydroxylation is 1. The fraction of sp³-hybridized carbons (Fsp3) is 0.333. The second-order valence-electron chi connectivity index (χ2n) is 9.94.